The maximum absolute atomic E-state index is 14.1. The number of rotatable bonds is 2. The lowest BCUT2D eigenvalue weighted by Gasteiger charge is -2.20. The molecule has 24 heavy (non-hydrogen) atoms. The van der Waals surface area contributed by atoms with E-state index in [1.54, 1.807) is 12.1 Å². The minimum absolute atomic E-state index is 0.00503. The molecule has 1 fully saturated rings. The van der Waals surface area contributed by atoms with Crippen LogP contribution in [0.2, 0.25) is 0 Å². The smallest absolute Gasteiger partial charge is 0.133 e. The molecule has 0 spiro atoms. The molecule has 2 nitrogen and oxygen atoms in total. The zero-order chi connectivity index (χ0) is 16.7. The lowest BCUT2D eigenvalue weighted by molar-refractivity contribution is 0.589. The van der Waals surface area contributed by atoms with Crippen LogP contribution in [-0.4, -0.2) is 18.1 Å². The lowest BCUT2D eigenvalue weighted by atomic mass is 10.0. The summed E-state index contributed by atoms with van der Waals surface area (Å²) in [6.07, 6.45) is 2.39. The van der Waals surface area contributed by atoms with E-state index in [1.165, 1.54) is 31.0 Å². The highest BCUT2D eigenvalue weighted by atomic mass is 19.1. The molecule has 4 rings (SSSR count). The molecule has 1 aliphatic rings. The second kappa shape index (κ2) is 5.86. The van der Waals surface area contributed by atoms with Crippen LogP contribution >= 0.6 is 0 Å². The van der Waals surface area contributed by atoms with E-state index in [-0.39, 0.29) is 5.56 Å². The first-order valence-electron chi connectivity index (χ1n) is 8.24. The van der Waals surface area contributed by atoms with Crippen LogP contribution in [0.5, 0.6) is 0 Å². The molecule has 0 aliphatic carbocycles. The highest BCUT2D eigenvalue weighted by Crippen LogP contribution is 2.33. The Labute approximate surface area is 139 Å². The summed E-state index contributed by atoms with van der Waals surface area (Å²) in [6, 6.07) is 11.5. The highest BCUT2D eigenvalue weighted by Gasteiger charge is 2.17. The average Bonchev–Trinajstić information content (AvgIpc) is 3.08. The van der Waals surface area contributed by atoms with E-state index in [2.05, 4.69) is 16.0 Å². The third kappa shape index (κ3) is 2.52. The number of pyridine rings is 1. The summed E-state index contributed by atoms with van der Waals surface area (Å²) < 4.78 is 28.1. The van der Waals surface area contributed by atoms with Gasteiger partial charge in [0.15, 0.2) is 0 Å². The molecule has 1 aliphatic heterocycles. The van der Waals surface area contributed by atoms with Crippen molar-refractivity contribution < 1.29 is 8.78 Å². The van der Waals surface area contributed by atoms with Gasteiger partial charge in [0.1, 0.15) is 11.6 Å². The molecule has 4 heteroatoms. The van der Waals surface area contributed by atoms with Crippen molar-refractivity contribution in [2.24, 2.45) is 0 Å². The predicted molar refractivity (Wildman–Crippen MR) is 93.3 cm³/mol. The standard InChI is InChI=1S/C20H18F2N2/c1-13-11-19(24-9-2-3-10-24)15-8-7-14(12-18(15)23-13)20-16(21)5-4-6-17(20)22/h4-8,11-12H,2-3,9-10H2,1H3. The Morgan fingerprint density at radius 2 is 1.67 bits per heavy atom. The normalized spacial score (nSPS) is 14.5. The van der Waals surface area contributed by atoms with Crippen LogP contribution in [0.1, 0.15) is 18.5 Å². The Balaban J connectivity index is 1.90. The third-order valence-corrected chi connectivity index (χ3v) is 4.61. The van der Waals surface area contributed by atoms with Crippen LogP contribution in [0.4, 0.5) is 14.5 Å². The van der Waals surface area contributed by atoms with Gasteiger partial charge in [-0.2, -0.15) is 0 Å². The highest BCUT2D eigenvalue weighted by molar-refractivity contribution is 5.94. The summed E-state index contributed by atoms with van der Waals surface area (Å²) in [7, 11) is 0. The van der Waals surface area contributed by atoms with Crippen LogP contribution in [-0.2, 0) is 0 Å². The number of halogens is 2. The number of anilines is 1. The van der Waals surface area contributed by atoms with Crippen LogP contribution in [0, 0.1) is 18.6 Å². The van der Waals surface area contributed by atoms with E-state index in [1.807, 2.05) is 13.0 Å². The minimum atomic E-state index is -0.554. The maximum atomic E-state index is 14.1. The molecule has 2 aromatic carbocycles. The van der Waals surface area contributed by atoms with Gasteiger partial charge < -0.3 is 4.90 Å². The van der Waals surface area contributed by atoms with Crippen LogP contribution in [0.15, 0.2) is 42.5 Å². The molecule has 1 aromatic heterocycles. The molecule has 3 aromatic rings. The quantitative estimate of drug-likeness (QED) is 0.653. The van der Waals surface area contributed by atoms with Gasteiger partial charge >= 0.3 is 0 Å². The van der Waals surface area contributed by atoms with Crippen LogP contribution in [0.25, 0.3) is 22.0 Å². The molecule has 122 valence electrons. The van der Waals surface area contributed by atoms with Crippen LogP contribution in [0.3, 0.4) is 0 Å². The van der Waals surface area contributed by atoms with Gasteiger partial charge in [0, 0.05) is 29.9 Å². The molecule has 0 bridgehead atoms. The molecule has 0 radical (unpaired) electrons. The lowest BCUT2D eigenvalue weighted by Crippen LogP contribution is -2.18. The van der Waals surface area contributed by atoms with Crippen molar-refractivity contribution in [2.45, 2.75) is 19.8 Å². The van der Waals surface area contributed by atoms with E-state index < -0.39 is 11.6 Å². The second-order valence-electron chi connectivity index (χ2n) is 6.31. The number of nitrogens with zero attached hydrogens (tertiary/aromatic N) is 2. The summed E-state index contributed by atoms with van der Waals surface area (Å²) in [6.45, 7) is 4.04. The van der Waals surface area contributed by atoms with E-state index in [9.17, 15) is 8.78 Å². The average molecular weight is 324 g/mol. The van der Waals surface area contributed by atoms with E-state index in [4.69, 9.17) is 0 Å². The Hall–Kier alpha value is -2.49. The summed E-state index contributed by atoms with van der Waals surface area (Å²) in [5.41, 5.74) is 3.37. The zero-order valence-electron chi connectivity index (χ0n) is 13.5. The van der Waals surface area contributed by atoms with Gasteiger partial charge in [0.25, 0.3) is 0 Å². The fraction of sp³-hybridized carbons (Fsp3) is 0.250. The van der Waals surface area contributed by atoms with Crippen molar-refractivity contribution in [3.63, 3.8) is 0 Å². The molecule has 1 saturated heterocycles. The molecular formula is C20H18F2N2. The van der Waals surface area contributed by atoms with Gasteiger partial charge in [-0.25, -0.2) is 8.78 Å². The predicted octanol–water partition coefficient (Wildman–Crippen LogP) is 5.09. The Bertz CT molecular complexity index is 895. The fourth-order valence-corrected chi connectivity index (χ4v) is 3.49. The van der Waals surface area contributed by atoms with Crippen molar-refractivity contribution in [3.8, 4) is 11.1 Å². The second-order valence-corrected chi connectivity index (χ2v) is 6.31. The summed E-state index contributed by atoms with van der Waals surface area (Å²) >= 11 is 0. The van der Waals surface area contributed by atoms with Crippen molar-refractivity contribution >= 4 is 16.6 Å². The molecular weight excluding hydrogens is 306 g/mol. The Morgan fingerprint density at radius 3 is 2.38 bits per heavy atom. The van der Waals surface area contributed by atoms with Crippen LogP contribution < -0.4 is 4.90 Å². The first-order valence-corrected chi connectivity index (χ1v) is 8.24. The first-order chi connectivity index (χ1) is 11.6. The van der Waals surface area contributed by atoms with Gasteiger partial charge in [-0.1, -0.05) is 18.2 Å². The summed E-state index contributed by atoms with van der Waals surface area (Å²) in [5.74, 6) is -1.11. The maximum Gasteiger partial charge on any atom is 0.133 e. The van der Waals surface area contributed by atoms with Crippen molar-refractivity contribution in [1.82, 2.24) is 4.98 Å². The summed E-state index contributed by atoms with van der Waals surface area (Å²) in [4.78, 5) is 6.94. The number of hydrogen-bond donors (Lipinski definition) is 0. The van der Waals surface area contributed by atoms with Gasteiger partial charge in [-0.05, 0) is 49.6 Å². The number of aromatic nitrogens is 1. The van der Waals surface area contributed by atoms with Gasteiger partial charge in [0.2, 0.25) is 0 Å². The van der Waals surface area contributed by atoms with Gasteiger partial charge in [0.05, 0.1) is 11.1 Å². The number of fused-ring (bicyclic) bond motifs is 1. The topological polar surface area (TPSA) is 16.1 Å². The van der Waals surface area contributed by atoms with Crippen molar-refractivity contribution in [3.05, 3.63) is 59.8 Å². The number of benzene rings is 2. The Morgan fingerprint density at radius 1 is 0.958 bits per heavy atom. The fourth-order valence-electron chi connectivity index (χ4n) is 3.49. The minimum Gasteiger partial charge on any atom is -0.371 e. The summed E-state index contributed by atoms with van der Waals surface area (Å²) in [5, 5.41) is 1.03. The first kappa shape index (κ1) is 15.1. The van der Waals surface area contributed by atoms with Crippen molar-refractivity contribution in [2.75, 3.05) is 18.0 Å². The van der Waals surface area contributed by atoms with E-state index >= 15 is 0 Å². The monoisotopic (exact) mass is 324 g/mol. The van der Waals surface area contributed by atoms with Gasteiger partial charge in [-0.15, -0.1) is 0 Å². The number of hydrogen-bond acceptors (Lipinski definition) is 2. The number of aryl methyl sites for hydroxylation is 1. The molecule has 0 saturated carbocycles. The molecule has 0 N–H and O–H groups in total. The largest absolute Gasteiger partial charge is 0.371 e. The van der Waals surface area contributed by atoms with Gasteiger partial charge in [-0.3, -0.25) is 4.98 Å². The Kier molecular flexibility index (Phi) is 3.68. The molecule has 2 heterocycles. The molecule has 0 unspecified atom stereocenters. The zero-order valence-corrected chi connectivity index (χ0v) is 13.5. The third-order valence-electron chi connectivity index (χ3n) is 4.61. The molecule has 0 atom stereocenters. The molecule has 0 amide bonds. The van der Waals surface area contributed by atoms with Crippen molar-refractivity contribution in [1.29, 1.82) is 0 Å². The SMILES string of the molecule is Cc1cc(N2CCCC2)c2ccc(-c3c(F)cccc3F)cc2n1. The van der Waals surface area contributed by atoms with E-state index in [0.717, 1.165) is 35.4 Å². The van der Waals surface area contributed by atoms with E-state index in [0.29, 0.717) is 5.56 Å².